The van der Waals surface area contributed by atoms with Crippen LogP contribution < -0.4 is 16.0 Å². The molecule has 0 atom stereocenters. The Balaban J connectivity index is 0.000000245. The Morgan fingerprint density at radius 1 is 1.08 bits per heavy atom. The second-order valence-corrected chi connectivity index (χ2v) is 8.73. The molecule has 37 heavy (non-hydrogen) atoms. The summed E-state index contributed by atoms with van der Waals surface area (Å²) in [4.78, 5) is 25.5. The molecule has 3 N–H and O–H groups in total. The number of nitrogens with zero attached hydrogens (tertiary/aromatic N) is 8. The molecule has 1 amide bonds. The Kier molecular flexibility index (Phi) is 8.59. The summed E-state index contributed by atoms with van der Waals surface area (Å²) in [6.07, 6.45) is 7.92. The van der Waals surface area contributed by atoms with Gasteiger partial charge in [-0.15, -0.1) is 0 Å². The predicted molar refractivity (Wildman–Crippen MR) is 141 cm³/mol. The number of aromatic nitrogens is 7. The van der Waals surface area contributed by atoms with Gasteiger partial charge in [0.15, 0.2) is 11.5 Å². The molecule has 5 rings (SSSR count). The maximum Gasteiger partial charge on any atom is 0.229 e. The van der Waals surface area contributed by atoms with Crippen LogP contribution in [0.3, 0.4) is 0 Å². The maximum absolute atomic E-state index is 9.89. The fourth-order valence-corrected chi connectivity index (χ4v) is 3.80. The molecule has 0 unspecified atom stereocenters. The molecule has 0 radical (unpaired) electrons. The van der Waals surface area contributed by atoms with Gasteiger partial charge in [-0.1, -0.05) is 0 Å². The van der Waals surface area contributed by atoms with Crippen LogP contribution in [0.5, 0.6) is 0 Å². The molecule has 5 heterocycles. The SMILES string of the molecule is Cc1cnc(C)c(Nc2nn(C)c3nc(Nc4cnn(C)c4)ncc23)c1.O=CNCCN1CCOCC1. The van der Waals surface area contributed by atoms with Gasteiger partial charge in [-0.3, -0.25) is 19.4 Å². The van der Waals surface area contributed by atoms with Gasteiger partial charge < -0.3 is 20.7 Å². The molecule has 0 aliphatic carbocycles. The van der Waals surface area contributed by atoms with E-state index in [0.29, 0.717) is 11.8 Å². The minimum Gasteiger partial charge on any atom is -0.379 e. The summed E-state index contributed by atoms with van der Waals surface area (Å²) in [5.74, 6) is 1.19. The third-order valence-corrected chi connectivity index (χ3v) is 5.78. The average molecular weight is 508 g/mol. The molecule has 0 bridgehead atoms. The van der Waals surface area contributed by atoms with Crippen molar-refractivity contribution in [3.05, 3.63) is 42.1 Å². The summed E-state index contributed by atoms with van der Waals surface area (Å²) < 4.78 is 8.62. The van der Waals surface area contributed by atoms with E-state index in [1.807, 2.05) is 46.4 Å². The number of carbonyl (C=O) groups is 1. The number of morpholine rings is 1. The highest BCUT2D eigenvalue weighted by Crippen LogP contribution is 2.26. The van der Waals surface area contributed by atoms with Gasteiger partial charge in [0.05, 0.1) is 41.9 Å². The Morgan fingerprint density at radius 2 is 1.89 bits per heavy atom. The van der Waals surface area contributed by atoms with Crippen molar-refractivity contribution in [3.63, 3.8) is 0 Å². The number of rotatable bonds is 8. The zero-order valence-corrected chi connectivity index (χ0v) is 21.6. The number of carbonyl (C=O) groups excluding carboxylic acids is 1. The Hall–Kier alpha value is -4.10. The molecule has 1 aliphatic rings. The fourth-order valence-electron chi connectivity index (χ4n) is 3.80. The van der Waals surface area contributed by atoms with Gasteiger partial charge in [0.2, 0.25) is 12.4 Å². The van der Waals surface area contributed by atoms with E-state index >= 15 is 0 Å². The van der Waals surface area contributed by atoms with Crippen molar-refractivity contribution >= 4 is 40.6 Å². The summed E-state index contributed by atoms with van der Waals surface area (Å²) in [5, 5.41) is 18.6. The van der Waals surface area contributed by atoms with E-state index in [9.17, 15) is 4.79 Å². The van der Waals surface area contributed by atoms with E-state index in [4.69, 9.17) is 4.74 Å². The number of anilines is 4. The van der Waals surface area contributed by atoms with Crippen LogP contribution in [0.15, 0.2) is 30.9 Å². The van der Waals surface area contributed by atoms with Crippen molar-refractivity contribution < 1.29 is 9.53 Å². The van der Waals surface area contributed by atoms with Crippen molar-refractivity contribution in [3.8, 4) is 0 Å². The van der Waals surface area contributed by atoms with Gasteiger partial charge in [-0.25, -0.2) is 9.67 Å². The summed E-state index contributed by atoms with van der Waals surface area (Å²) in [6, 6.07) is 2.04. The standard InChI is InChI=1S/C17H19N9.C7H14N2O2/c1-10-5-14(11(2)18-6-10)22-15-13-8-19-17(23-16(13)26(4)24-15)21-12-7-20-25(3)9-12;10-7-8-1-2-9-3-5-11-6-4-9/h5-9H,1-4H3,(H,22,24)(H,19,21,23);7H,1-6H2,(H,8,10). The number of ether oxygens (including phenoxy) is 1. The first-order chi connectivity index (χ1) is 17.9. The molecule has 0 aromatic carbocycles. The lowest BCUT2D eigenvalue weighted by Gasteiger charge is -2.26. The number of pyridine rings is 1. The van der Waals surface area contributed by atoms with Gasteiger partial charge in [-0.05, 0) is 25.5 Å². The molecule has 1 aliphatic heterocycles. The molecular formula is C24H33N11O2. The first-order valence-corrected chi connectivity index (χ1v) is 12.1. The largest absolute Gasteiger partial charge is 0.379 e. The Morgan fingerprint density at radius 3 is 2.62 bits per heavy atom. The minimum absolute atomic E-state index is 0.494. The maximum atomic E-state index is 9.89. The first kappa shape index (κ1) is 26.0. The zero-order valence-electron chi connectivity index (χ0n) is 21.6. The van der Waals surface area contributed by atoms with Crippen molar-refractivity contribution in [2.45, 2.75) is 13.8 Å². The summed E-state index contributed by atoms with van der Waals surface area (Å²) >= 11 is 0. The van der Waals surface area contributed by atoms with Crippen LogP contribution in [0.2, 0.25) is 0 Å². The van der Waals surface area contributed by atoms with Gasteiger partial charge in [-0.2, -0.15) is 15.2 Å². The van der Waals surface area contributed by atoms with Gasteiger partial charge in [0, 0.05) is 58.9 Å². The van der Waals surface area contributed by atoms with E-state index < -0.39 is 0 Å². The first-order valence-electron chi connectivity index (χ1n) is 12.1. The van der Waals surface area contributed by atoms with Gasteiger partial charge in [0.25, 0.3) is 0 Å². The van der Waals surface area contributed by atoms with E-state index in [1.54, 1.807) is 21.8 Å². The van der Waals surface area contributed by atoms with Crippen LogP contribution in [0, 0.1) is 13.8 Å². The van der Waals surface area contributed by atoms with Gasteiger partial charge >= 0.3 is 0 Å². The summed E-state index contributed by atoms with van der Waals surface area (Å²) in [6.45, 7) is 9.25. The Labute approximate surface area is 215 Å². The van der Waals surface area contributed by atoms with Crippen LogP contribution in [-0.4, -0.2) is 85.2 Å². The smallest absolute Gasteiger partial charge is 0.229 e. The molecule has 4 aromatic heterocycles. The van der Waals surface area contributed by atoms with Crippen LogP contribution in [0.25, 0.3) is 11.0 Å². The fraction of sp³-hybridized carbons (Fsp3) is 0.417. The summed E-state index contributed by atoms with van der Waals surface area (Å²) in [7, 11) is 3.71. The molecule has 13 nitrogen and oxygen atoms in total. The molecule has 196 valence electrons. The van der Waals surface area contributed by atoms with Gasteiger partial charge in [0.1, 0.15) is 0 Å². The van der Waals surface area contributed by atoms with Crippen molar-refractivity contribution in [1.82, 2.24) is 44.7 Å². The van der Waals surface area contributed by atoms with Crippen molar-refractivity contribution in [1.29, 1.82) is 0 Å². The zero-order chi connectivity index (χ0) is 26.2. The van der Waals surface area contributed by atoms with Crippen LogP contribution in [0.4, 0.5) is 23.1 Å². The number of hydrogen-bond donors (Lipinski definition) is 3. The van der Waals surface area contributed by atoms with Crippen molar-refractivity contribution in [2.24, 2.45) is 14.1 Å². The number of nitrogens with one attached hydrogen (secondary N) is 3. The molecule has 0 spiro atoms. The topological polar surface area (TPSA) is 140 Å². The van der Waals surface area contributed by atoms with Crippen LogP contribution in [0.1, 0.15) is 11.3 Å². The van der Waals surface area contributed by atoms with E-state index in [2.05, 4.69) is 46.0 Å². The predicted octanol–water partition coefficient (Wildman–Crippen LogP) is 1.66. The molecular weight excluding hydrogens is 474 g/mol. The molecule has 0 saturated carbocycles. The average Bonchev–Trinajstić information content (AvgIpc) is 3.44. The quantitative estimate of drug-likeness (QED) is 0.238. The highest BCUT2D eigenvalue weighted by atomic mass is 16.5. The molecule has 13 heteroatoms. The number of hydrogen-bond acceptors (Lipinski definition) is 10. The van der Waals surface area contributed by atoms with E-state index in [0.717, 1.165) is 79.5 Å². The second-order valence-electron chi connectivity index (χ2n) is 8.73. The van der Waals surface area contributed by atoms with E-state index in [-0.39, 0.29) is 0 Å². The monoisotopic (exact) mass is 507 g/mol. The normalized spacial score (nSPS) is 13.6. The summed E-state index contributed by atoms with van der Waals surface area (Å²) in [5.41, 5.74) is 4.46. The lowest BCUT2D eigenvalue weighted by Crippen LogP contribution is -2.40. The van der Waals surface area contributed by atoms with E-state index in [1.165, 1.54) is 0 Å². The van der Waals surface area contributed by atoms with Crippen molar-refractivity contribution in [2.75, 3.05) is 50.0 Å². The second kappa shape index (κ2) is 12.2. The highest BCUT2D eigenvalue weighted by Gasteiger charge is 2.14. The molecule has 1 saturated heterocycles. The lowest BCUT2D eigenvalue weighted by molar-refractivity contribution is -0.109. The third-order valence-electron chi connectivity index (χ3n) is 5.78. The van der Waals surface area contributed by atoms with Crippen LogP contribution in [-0.2, 0) is 23.6 Å². The Bertz CT molecular complexity index is 1330. The lowest BCUT2D eigenvalue weighted by atomic mass is 10.2. The highest BCUT2D eigenvalue weighted by molar-refractivity contribution is 5.89. The third kappa shape index (κ3) is 6.98. The number of amides is 1. The van der Waals surface area contributed by atoms with Crippen LogP contribution >= 0.6 is 0 Å². The molecule has 1 fully saturated rings. The number of fused-ring (bicyclic) bond motifs is 1. The minimum atomic E-state index is 0.494. The number of aryl methyl sites for hydroxylation is 4. The molecule has 4 aromatic rings.